The first-order chi connectivity index (χ1) is 19.3. The first-order valence-electron chi connectivity index (χ1n) is 14.9. The van der Waals surface area contributed by atoms with Crippen LogP contribution in [0.3, 0.4) is 0 Å². The van der Waals surface area contributed by atoms with Gasteiger partial charge in [-0.05, 0) is 87.2 Å². The zero-order valence-electron chi connectivity index (χ0n) is 24.1. The number of likely N-dealkylation sites (tertiary alicyclic amines) is 1. The Morgan fingerprint density at radius 3 is 2.92 bits per heavy atom. The second-order valence-electron chi connectivity index (χ2n) is 12.2. The molecule has 3 aliphatic rings. The van der Waals surface area contributed by atoms with E-state index in [1.165, 1.54) is 5.56 Å². The Kier molecular flexibility index (Phi) is 9.08. The maximum Gasteiger partial charge on any atom is 0.325 e. The molecule has 8 heteroatoms. The number of rotatable bonds is 11. The highest BCUT2D eigenvalue weighted by Crippen LogP contribution is 2.37. The standard InChI is InChI=1S/C32H44FN3O4/c1-32(2,39-3)28-18-26-23(20-40-28)8-6-11-25(26)29(31(37)38)36-17-15-22(19-36)27(33)12-5-4-10-24-14-13-21-9-7-16-34-30(21)35-24/h6,8,11,13-14,22,27-29H,4-5,7,9-10,12,15-20H2,1-3H3,(H,34,35)(H,37,38)/t22-,27?,28-,29+/m1/s1. The zero-order valence-corrected chi connectivity index (χ0v) is 24.1. The molecule has 2 N–H and O–H groups in total. The first kappa shape index (κ1) is 29.0. The van der Waals surface area contributed by atoms with Crippen molar-refractivity contribution in [3.63, 3.8) is 0 Å². The van der Waals surface area contributed by atoms with E-state index in [1.807, 2.05) is 36.9 Å². The van der Waals surface area contributed by atoms with Crippen molar-refractivity contribution in [2.75, 3.05) is 32.1 Å². The average Bonchev–Trinajstić information content (AvgIpc) is 3.44. The molecule has 2 aromatic rings. The van der Waals surface area contributed by atoms with Crippen molar-refractivity contribution < 1.29 is 23.8 Å². The van der Waals surface area contributed by atoms with Crippen molar-refractivity contribution in [3.8, 4) is 0 Å². The molecule has 0 radical (unpaired) electrons. The maximum atomic E-state index is 15.4. The lowest BCUT2D eigenvalue weighted by Gasteiger charge is -2.38. The molecule has 0 spiro atoms. The molecular weight excluding hydrogens is 509 g/mol. The summed E-state index contributed by atoms with van der Waals surface area (Å²) in [5, 5.41) is 13.7. The van der Waals surface area contributed by atoms with Crippen molar-refractivity contribution >= 4 is 11.8 Å². The molecule has 1 saturated heterocycles. The molecule has 0 amide bonds. The lowest BCUT2D eigenvalue weighted by Crippen LogP contribution is -2.44. The van der Waals surface area contributed by atoms with E-state index >= 15 is 4.39 Å². The SMILES string of the molecule is COC(C)(C)[C@H]1Cc2c(cccc2[C@@H](C(=O)O)N2CC[C@@H](C(F)CCCCc3ccc4c(n3)NCCC4)C2)CO1. The predicted molar refractivity (Wildman–Crippen MR) is 153 cm³/mol. The average molecular weight is 554 g/mol. The second kappa shape index (κ2) is 12.5. The summed E-state index contributed by atoms with van der Waals surface area (Å²) in [6, 6.07) is 9.32. The fourth-order valence-corrected chi connectivity index (χ4v) is 6.53. The third kappa shape index (κ3) is 6.34. The molecule has 218 valence electrons. The summed E-state index contributed by atoms with van der Waals surface area (Å²) >= 11 is 0. The van der Waals surface area contributed by atoms with E-state index < -0.39 is 23.8 Å². The number of carbonyl (C=O) groups is 1. The number of aryl methyl sites for hydroxylation is 2. The molecule has 0 aliphatic carbocycles. The Morgan fingerprint density at radius 2 is 2.12 bits per heavy atom. The molecule has 1 aromatic heterocycles. The van der Waals surface area contributed by atoms with Crippen molar-refractivity contribution in [2.45, 2.75) is 95.7 Å². The number of aliphatic carboxylic acids is 1. The summed E-state index contributed by atoms with van der Waals surface area (Å²) in [5.74, 6) is -0.0159. The molecule has 0 bridgehead atoms. The molecular formula is C32H44FN3O4. The number of pyridine rings is 1. The third-order valence-electron chi connectivity index (χ3n) is 9.22. The second-order valence-corrected chi connectivity index (χ2v) is 12.2. The van der Waals surface area contributed by atoms with Gasteiger partial charge in [0.05, 0.1) is 18.3 Å². The third-order valence-corrected chi connectivity index (χ3v) is 9.22. The van der Waals surface area contributed by atoms with Gasteiger partial charge in [-0.15, -0.1) is 0 Å². The van der Waals surface area contributed by atoms with Gasteiger partial charge in [0.2, 0.25) is 0 Å². The quantitative estimate of drug-likeness (QED) is 0.355. The van der Waals surface area contributed by atoms with E-state index in [0.717, 1.165) is 66.9 Å². The van der Waals surface area contributed by atoms with Crippen LogP contribution in [0.2, 0.25) is 0 Å². The number of hydrogen-bond acceptors (Lipinski definition) is 6. The number of fused-ring (bicyclic) bond motifs is 2. The lowest BCUT2D eigenvalue weighted by molar-refractivity contribution is -0.143. The molecule has 0 saturated carbocycles. The molecule has 5 rings (SSSR count). The Hall–Kier alpha value is -2.55. The normalized spacial score (nSPS) is 22.7. The van der Waals surface area contributed by atoms with Crippen LogP contribution in [-0.4, -0.2) is 65.6 Å². The van der Waals surface area contributed by atoms with Gasteiger partial charge in [-0.2, -0.15) is 0 Å². The van der Waals surface area contributed by atoms with Gasteiger partial charge in [0.1, 0.15) is 18.0 Å². The minimum atomic E-state index is -0.928. The number of methoxy groups -OCH3 is 1. The first-order valence-corrected chi connectivity index (χ1v) is 14.9. The van der Waals surface area contributed by atoms with Crippen molar-refractivity contribution in [1.82, 2.24) is 9.88 Å². The number of alkyl halides is 1. The van der Waals surface area contributed by atoms with Crippen LogP contribution in [0.5, 0.6) is 0 Å². The molecule has 1 fully saturated rings. The van der Waals surface area contributed by atoms with Crippen molar-refractivity contribution in [2.24, 2.45) is 5.92 Å². The molecule has 4 heterocycles. The number of nitrogens with zero attached hydrogens (tertiary/aromatic N) is 2. The number of ether oxygens (including phenoxy) is 2. The van der Waals surface area contributed by atoms with Gasteiger partial charge in [-0.1, -0.05) is 30.7 Å². The number of hydrogen-bond donors (Lipinski definition) is 2. The Labute approximate surface area is 237 Å². The largest absolute Gasteiger partial charge is 0.480 e. The summed E-state index contributed by atoms with van der Waals surface area (Å²) < 4.78 is 27.1. The summed E-state index contributed by atoms with van der Waals surface area (Å²) in [6.07, 6.45) is 5.45. The molecule has 3 aliphatic heterocycles. The Bertz CT molecular complexity index is 1190. The van der Waals surface area contributed by atoms with Crippen LogP contribution in [0.25, 0.3) is 0 Å². The number of carboxylic acids is 1. The van der Waals surface area contributed by atoms with Gasteiger partial charge in [-0.3, -0.25) is 9.69 Å². The summed E-state index contributed by atoms with van der Waals surface area (Å²) in [4.78, 5) is 19.3. The molecule has 4 atom stereocenters. The highest BCUT2D eigenvalue weighted by atomic mass is 19.1. The van der Waals surface area contributed by atoms with Gasteiger partial charge in [-0.25, -0.2) is 9.37 Å². The van der Waals surface area contributed by atoms with E-state index in [1.54, 1.807) is 7.11 Å². The number of anilines is 1. The summed E-state index contributed by atoms with van der Waals surface area (Å²) in [7, 11) is 1.67. The van der Waals surface area contributed by atoms with Crippen LogP contribution in [-0.2, 0) is 40.1 Å². The van der Waals surface area contributed by atoms with Crippen molar-refractivity contribution in [3.05, 3.63) is 58.3 Å². The number of halogens is 1. The number of aromatic nitrogens is 1. The van der Waals surface area contributed by atoms with Crippen LogP contribution in [0.15, 0.2) is 30.3 Å². The molecule has 7 nitrogen and oxygen atoms in total. The van der Waals surface area contributed by atoms with E-state index in [4.69, 9.17) is 14.5 Å². The number of nitrogens with one attached hydrogen (secondary N) is 1. The predicted octanol–water partition coefficient (Wildman–Crippen LogP) is 5.50. The van der Waals surface area contributed by atoms with E-state index in [2.05, 4.69) is 17.4 Å². The van der Waals surface area contributed by atoms with Crippen LogP contribution < -0.4 is 5.32 Å². The van der Waals surface area contributed by atoms with E-state index in [-0.39, 0.29) is 12.0 Å². The molecule has 1 aromatic carbocycles. The summed E-state index contributed by atoms with van der Waals surface area (Å²) in [6.45, 7) is 6.44. The molecule has 40 heavy (non-hydrogen) atoms. The number of unbranched alkanes of at least 4 members (excludes halogenated alkanes) is 1. The van der Waals surface area contributed by atoms with Gasteiger partial charge in [0, 0.05) is 38.2 Å². The van der Waals surface area contributed by atoms with Crippen molar-refractivity contribution in [1.29, 1.82) is 0 Å². The highest BCUT2D eigenvalue weighted by molar-refractivity contribution is 5.76. The summed E-state index contributed by atoms with van der Waals surface area (Å²) in [5.41, 5.74) is 4.71. The van der Waals surface area contributed by atoms with Crippen LogP contribution in [0.4, 0.5) is 10.2 Å². The van der Waals surface area contributed by atoms with E-state index in [9.17, 15) is 9.90 Å². The minimum Gasteiger partial charge on any atom is -0.480 e. The minimum absolute atomic E-state index is 0.143. The van der Waals surface area contributed by atoms with Gasteiger partial charge < -0.3 is 19.9 Å². The van der Waals surface area contributed by atoms with Crippen LogP contribution >= 0.6 is 0 Å². The lowest BCUT2D eigenvalue weighted by atomic mass is 9.85. The van der Waals surface area contributed by atoms with Crippen LogP contribution in [0.1, 0.15) is 79.9 Å². The van der Waals surface area contributed by atoms with Crippen LogP contribution in [0, 0.1) is 5.92 Å². The van der Waals surface area contributed by atoms with Gasteiger partial charge >= 0.3 is 5.97 Å². The van der Waals surface area contributed by atoms with E-state index in [0.29, 0.717) is 39.0 Å². The fourth-order valence-electron chi connectivity index (χ4n) is 6.53. The molecule has 1 unspecified atom stereocenters. The fraction of sp³-hybridized carbons (Fsp3) is 0.625. The number of benzene rings is 1. The topological polar surface area (TPSA) is 83.9 Å². The van der Waals surface area contributed by atoms with Gasteiger partial charge in [0.25, 0.3) is 0 Å². The number of carboxylic acid groups (broad SMARTS) is 1. The smallest absolute Gasteiger partial charge is 0.325 e. The Balaban J connectivity index is 1.18. The maximum absolute atomic E-state index is 15.4. The Morgan fingerprint density at radius 1 is 1.27 bits per heavy atom. The highest BCUT2D eigenvalue weighted by Gasteiger charge is 2.40. The zero-order chi connectivity index (χ0) is 28.3. The monoisotopic (exact) mass is 553 g/mol. The van der Waals surface area contributed by atoms with Gasteiger partial charge in [0.15, 0.2) is 0 Å².